The quantitative estimate of drug-likeness (QED) is 0.599. The van der Waals surface area contributed by atoms with Gasteiger partial charge < -0.3 is 19.9 Å². The Labute approximate surface area is 192 Å². The average Bonchev–Trinajstić information content (AvgIpc) is 3.31. The number of aromatic nitrogens is 1. The van der Waals surface area contributed by atoms with Crippen molar-refractivity contribution in [3.05, 3.63) is 47.0 Å². The number of piperidine rings is 1. The maximum Gasteiger partial charge on any atom is 0.290 e. The molecule has 32 heavy (non-hydrogen) atoms. The third kappa shape index (κ3) is 5.65. The summed E-state index contributed by atoms with van der Waals surface area (Å²) in [5.74, 6) is -0.0219. The van der Waals surface area contributed by atoms with Gasteiger partial charge in [-0.15, -0.1) is 11.3 Å². The minimum absolute atomic E-state index is 0.0219. The van der Waals surface area contributed by atoms with Gasteiger partial charge in [0, 0.05) is 30.9 Å². The number of nitrogens with zero attached hydrogens (tertiary/aromatic N) is 2. The first kappa shape index (κ1) is 24.6. The van der Waals surface area contributed by atoms with Gasteiger partial charge >= 0.3 is 0 Å². The van der Waals surface area contributed by atoms with Crippen molar-refractivity contribution in [2.45, 2.75) is 24.4 Å². The standard InChI is InChI=1S/C20H27N3O4S2.CH2O2/c1-21-19-22-18(14-28-19)20(16-5-3-2-4-6-16)7-9-23(10-8-20)29(24,25)15-17-13-26-11-12-27-17;2-1-3/h2-6,14,17H,7-13,15H2,1H3,(H,21,22);1H,(H,2,3). The van der Waals surface area contributed by atoms with Gasteiger partial charge in [0.05, 0.1) is 37.4 Å². The maximum absolute atomic E-state index is 13.0. The molecule has 0 amide bonds. The lowest BCUT2D eigenvalue weighted by atomic mass is 9.71. The van der Waals surface area contributed by atoms with Crippen molar-refractivity contribution >= 4 is 33.0 Å². The van der Waals surface area contributed by atoms with E-state index in [0.717, 1.165) is 10.8 Å². The number of rotatable bonds is 6. The van der Waals surface area contributed by atoms with Crippen LogP contribution >= 0.6 is 11.3 Å². The summed E-state index contributed by atoms with van der Waals surface area (Å²) in [6.45, 7) is 2.01. The van der Waals surface area contributed by atoms with Gasteiger partial charge in [-0.3, -0.25) is 4.79 Å². The third-order valence-corrected chi connectivity index (χ3v) is 8.59. The number of hydrogen-bond donors (Lipinski definition) is 2. The lowest BCUT2D eigenvalue weighted by Gasteiger charge is -2.41. The molecule has 2 N–H and O–H groups in total. The van der Waals surface area contributed by atoms with E-state index >= 15 is 0 Å². The Morgan fingerprint density at radius 3 is 2.53 bits per heavy atom. The predicted molar refractivity (Wildman–Crippen MR) is 123 cm³/mol. The van der Waals surface area contributed by atoms with Crippen molar-refractivity contribution in [3.8, 4) is 0 Å². The number of ether oxygens (including phenoxy) is 2. The van der Waals surface area contributed by atoms with Crippen LogP contribution in [0.25, 0.3) is 0 Å². The van der Waals surface area contributed by atoms with E-state index in [4.69, 9.17) is 24.4 Å². The van der Waals surface area contributed by atoms with E-state index in [-0.39, 0.29) is 23.7 Å². The van der Waals surface area contributed by atoms with E-state index < -0.39 is 10.0 Å². The summed E-state index contributed by atoms with van der Waals surface area (Å²) in [5, 5.41) is 13.0. The molecule has 1 atom stereocenters. The lowest BCUT2D eigenvalue weighted by molar-refractivity contribution is -0.122. The van der Waals surface area contributed by atoms with Gasteiger partial charge in [-0.1, -0.05) is 30.3 Å². The minimum atomic E-state index is -3.40. The summed E-state index contributed by atoms with van der Waals surface area (Å²) < 4.78 is 38.4. The van der Waals surface area contributed by atoms with Crippen molar-refractivity contribution in [2.75, 3.05) is 51.0 Å². The first-order valence-electron chi connectivity index (χ1n) is 10.4. The molecule has 2 aromatic rings. The second-order valence-electron chi connectivity index (χ2n) is 7.59. The summed E-state index contributed by atoms with van der Waals surface area (Å²) >= 11 is 1.58. The fourth-order valence-electron chi connectivity index (χ4n) is 4.18. The fourth-order valence-corrected chi connectivity index (χ4v) is 6.56. The fraction of sp³-hybridized carbons (Fsp3) is 0.524. The smallest absolute Gasteiger partial charge is 0.290 e. The van der Waals surface area contributed by atoms with Gasteiger partial charge in [0.1, 0.15) is 0 Å². The van der Waals surface area contributed by atoms with Crippen molar-refractivity contribution in [1.29, 1.82) is 0 Å². The molecule has 0 bridgehead atoms. The molecule has 2 aliphatic rings. The Bertz CT molecular complexity index is 953. The van der Waals surface area contributed by atoms with E-state index in [2.05, 4.69) is 22.8 Å². The maximum atomic E-state index is 13.0. The van der Waals surface area contributed by atoms with Crippen molar-refractivity contribution < 1.29 is 27.8 Å². The zero-order valence-corrected chi connectivity index (χ0v) is 19.6. The highest BCUT2D eigenvalue weighted by molar-refractivity contribution is 7.89. The Hall–Kier alpha value is -2.05. The summed E-state index contributed by atoms with van der Waals surface area (Å²) in [4.78, 5) is 13.1. The van der Waals surface area contributed by atoms with Crippen LogP contribution < -0.4 is 5.32 Å². The second kappa shape index (κ2) is 11.2. The molecular weight excluding hydrogens is 454 g/mol. The molecule has 0 aliphatic carbocycles. The van der Waals surface area contributed by atoms with E-state index in [1.165, 1.54) is 5.56 Å². The molecule has 1 aromatic carbocycles. The number of nitrogens with one attached hydrogen (secondary N) is 1. The van der Waals surface area contributed by atoms with Crippen molar-refractivity contribution in [2.24, 2.45) is 0 Å². The Kier molecular flexibility index (Phi) is 8.60. The molecule has 9 nitrogen and oxygen atoms in total. The highest BCUT2D eigenvalue weighted by Crippen LogP contribution is 2.43. The SMILES string of the molecule is CNc1nc(C2(c3ccccc3)CCN(S(=O)(=O)CC3COCCO3)CC2)cs1.O=CO. The average molecular weight is 484 g/mol. The van der Waals surface area contributed by atoms with Crippen LogP contribution in [-0.2, 0) is 29.7 Å². The van der Waals surface area contributed by atoms with Crippen molar-refractivity contribution in [1.82, 2.24) is 9.29 Å². The molecule has 2 saturated heterocycles. The zero-order valence-electron chi connectivity index (χ0n) is 18.0. The van der Waals surface area contributed by atoms with Crippen LogP contribution in [0.4, 0.5) is 5.13 Å². The second-order valence-corrected chi connectivity index (χ2v) is 10.5. The number of thiazole rings is 1. The largest absolute Gasteiger partial charge is 0.483 e. The normalized spacial score (nSPS) is 21.2. The van der Waals surface area contributed by atoms with E-state index in [0.29, 0.717) is 45.8 Å². The van der Waals surface area contributed by atoms with E-state index in [1.807, 2.05) is 25.2 Å². The van der Waals surface area contributed by atoms with Crippen LogP contribution in [0, 0.1) is 0 Å². The van der Waals surface area contributed by atoms with Gasteiger partial charge in [-0.25, -0.2) is 17.7 Å². The minimum Gasteiger partial charge on any atom is -0.483 e. The number of carbonyl (C=O) groups is 1. The topological polar surface area (TPSA) is 118 Å². The van der Waals surface area contributed by atoms with Crippen LogP contribution in [0.5, 0.6) is 0 Å². The molecule has 2 fully saturated rings. The highest BCUT2D eigenvalue weighted by atomic mass is 32.2. The Morgan fingerprint density at radius 2 is 1.97 bits per heavy atom. The summed E-state index contributed by atoms with van der Waals surface area (Å²) in [6, 6.07) is 10.3. The van der Waals surface area contributed by atoms with E-state index in [9.17, 15) is 8.42 Å². The van der Waals surface area contributed by atoms with Crippen LogP contribution in [0.15, 0.2) is 35.7 Å². The molecule has 11 heteroatoms. The van der Waals surface area contributed by atoms with Crippen LogP contribution in [0.3, 0.4) is 0 Å². The molecule has 0 radical (unpaired) electrons. The van der Waals surface area contributed by atoms with Gasteiger partial charge in [0.2, 0.25) is 10.0 Å². The van der Waals surface area contributed by atoms with Gasteiger partial charge in [-0.2, -0.15) is 0 Å². The van der Waals surface area contributed by atoms with Gasteiger partial charge in [-0.05, 0) is 18.4 Å². The monoisotopic (exact) mass is 483 g/mol. The molecule has 1 unspecified atom stereocenters. The molecule has 0 saturated carbocycles. The van der Waals surface area contributed by atoms with E-state index in [1.54, 1.807) is 15.6 Å². The first-order chi connectivity index (χ1) is 15.4. The Balaban J connectivity index is 0.000000913. The molecule has 1 aromatic heterocycles. The molecule has 0 spiro atoms. The van der Waals surface area contributed by atoms with Crippen LogP contribution in [-0.4, -0.2) is 81.1 Å². The molecule has 4 rings (SSSR count). The number of sulfonamides is 1. The third-order valence-electron chi connectivity index (χ3n) is 5.79. The predicted octanol–water partition coefficient (Wildman–Crippen LogP) is 2.01. The number of carboxylic acid groups (broad SMARTS) is 1. The molecule has 3 heterocycles. The number of anilines is 1. The summed E-state index contributed by atoms with van der Waals surface area (Å²) in [7, 11) is -1.53. The van der Waals surface area contributed by atoms with Gasteiger partial charge in [0.25, 0.3) is 6.47 Å². The molecule has 176 valence electrons. The molecular formula is C21H29N3O6S2. The van der Waals surface area contributed by atoms with Crippen LogP contribution in [0.2, 0.25) is 0 Å². The Morgan fingerprint density at radius 1 is 1.28 bits per heavy atom. The first-order valence-corrected chi connectivity index (χ1v) is 12.9. The van der Waals surface area contributed by atoms with Crippen molar-refractivity contribution in [3.63, 3.8) is 0 Å². The van der Waals surface area contributed by atoms with Gasteiger partial charge in [0.15, 0.2) is 5.13 Å². The number of hydrogen-bond acceptors (Lipinski definition) is 8. The number of benzene rings is 1. The lowest BCUT2D eigenvalue weighted by Crippen LogP contribution is -2.48. The highest BCUT2D eigenvalue weighted by Gasteiger charge is 2.42. The van der Waals surface area contributed by atoms with Crippen LogP contribution in [0.1, 0.15) is 24.1 Å². The zero-order chi connectivity index (χ0) is 23.0. The summed E-state index contributed by atoms with van der Waals surface area (Å²) in [5.41, 5.74) is 1.93. The molecule has 2 aliphatic heterocycles. The summed E-state index contributed by atoms with van der Waals surface area (Å²) in [6.07, 6.45) is 1.02.